The number of benzene rings is 1. The Kier molecular flexibility index (Phi) is 4.26. The van der Waals surface area contributed by atoms with E-state index < -0.39 is 17.7 Å². The number of hydrogen-bond donors (Lipinski definition) is 1. The Balaban J connectivity index is 2.82. The molecule has 0 spiro atoms. The first kappa shape index (κ1) is 14.1. The summed E-state index contributed by atoms with van der Waals surface area (Å²) in [5.74, 6) is -1.25. The van der Waals surface area contributed by atoms with Gasteiger partial charge in [0.25, 0.3) is 0 Å². The number of halogens is 2. The third kappa shape index (κ3) is 4.08. The maximum atomic E-state index is 13.5. The summed E-state index contributed by atoms with van der Waals surface area (Å²) < 4.78 is 26.6. The van der Waals surface area contributed by atoms with Crippen LogP contribution in [0.1, 0.15) is 50.8 Å². The summed E-state index contributed by atoms with van der Waals surface area (Å²) in [6.07, 6.45) is 0.392. The van der Waals surface area contributed by atoms with Crippen LogP contribution in [-0.4, -0.2) is 5.11 Å². The molecule has 1 unspecified atom stereocenters. The molecule has 0 saturated carbocycles. The van der Waals surface area contributed by atoms with Crippen molar-refractivity contribution in [3.8, 4) is 0 Å². The molecule has 1 N–H and O–H groups in total. The van der Waals surface area contributed by atoms with E-state index in [4.69, 9.17) is 0 Å². The summed E-state index contributed by atoms with van der Waals surface area (Å²) in [6, 6.07) is 2.23. The zero-order valence-electron chi connectivity index (χ0n) is 10.8. The minimum atomic E-state index is -0.867. The second-order valence-electron chi connectivity index (χ2n) is 5.74. The van der Waals surface area contributed by atoms with Crippen LogP contribution >= 0.6 is 0 Å². The molecule has 17 heavy (non-hydrogen) atoms. The van der Waals surface area contributed by atoms with E-state index in [1.807, 2.05) is 0 Å². The van der Waals surface area contributed by atoms with E-state index in [9.17, 15) is 13.9 Å². The zero-order chi connectivity index (χ0) is 13.2. The topological polar surface area (TPSA) is 20.2 Å². The second kappa shape index (κ2) is 5.13. The van der Waals surface area contributed by atoms with Gasteiger partial charge in [-0.3, -0.25) is 0 Å². The lowest BCUT2D eigenvalue weighted by molar-refractivity contribution is 0.143. The standard InChI is InChI=1S/C14H20F2O/c1-9-7-10(12(16)8-11(9)15)13(17)5-6-14(2,3)4/h7-8,13,17H,5-6H2,1-4H3. The molecule has 0 saturated heterocycles. The van der Waals surface area contributed by atoms with Crippen LogP contribution in [0.4, 0.5) is 8.78 Å². The van der Waals surface area contributed by atoms with Crippen molar-refractivity contribution in [1.29, 1.82) is 0 Å². The van der Waals surface area contributed by atoms with Crippen LogP contribution in [0, 0.1) is 24.0 Å². The fourth-order valence-electron chi connectivity index (χ4n) is 1.66. The van der Waals surface area contributed by atoms with Crippen LogP contribution in [0.2, 0.25) is 0 Å². The van der Waals surface area contributed by atoms with E-state index in [1.165, 1.54) is 6.07 Å². The Hall–Kier alpha value is -0.960. The molecule has 1 rings (SSSR count). The summed E-state index contributed by atoms with van der Waals surface area (Å²) in [4.78, 5) is 0. The summed E-state index contributed by atoms with van der Waals surface area (Å²) in [5.41, 5.74) is 0.636. The maximum absolute atomic E-state index is 13.5. The van der Waals surface area contributed by atoms with Crippen molar-refractivity contribution >= 4 is 0 Å². The van der Waals surface area contributed by atoms with Gasteiger partial charge in [0.2, 0.25) is 0 Å². The van der Waals surface area contributed by atoms with Gasteiger partial charge in [0.15, 0.2) is 0 Å². The van der Waals surface area contributed by atoms with Crippen molar-refractivity contribution in [3.05, 3.63) is 34.9 Å². The van der Waals surface area contributed by atoms with Gasteiger partial charge in [-0.2, -0.15) is 0 Å². The van der Waals surface area contributed by atoms with Crippen molar-refractivity contribution in [1.82, 2.24) is 0 Å². The molecule has 0 fully saturated rings. The molecule has 1 atom stereocenters. The SMILES string of the molecule is Cc1cc(C(O)CCC(C)(C)C)c(F)cc1F. The van der Waals surface area contributed by atoms with Gasteiger partial charge in [-0.1, -0.05) is 20.8 Å². The minimum Gasteiger partial charge on any atom is -0.388 e. The Labute approximate surface area is 101 Å². The van der Waals surface area contributed by atoms with Gasteiger partial charge < -0.3 is 5.11 Å². The summed E-state index contributed by atoms with van der Waals surface area (Å²) in [6.45, 7) is 7.75. The van der Waals surface area contributed by atoms with Crippen molar-refractivity contribution in [2.24, 2.45) is 5.41 Å². The average Bonchev–Trinajstić information content (AvgIpc) is 2.19. The maximum Gasteiger partial charge on any atom is 0.131 e. The second-order valence-corrected chi connectivity index (χ2v) is 5.74. The molecule has 0 aromatic heterocycles. The van der Waals surface area contributed by atoms with Gasteiger partial charge in [-0.15, -0.1) is 0 Å². The Morgan fingerprint density at radius 1 is 1.18 bits per heavy atom. The zero-order valence-corrected chi connectivity index (χ0v) is 10.8. The highest BCUT2D eigenvalue weighted by molar-refractivity contribution is 5.27. The van der Waals surface area contributed by atoms with Crippen LogP contribution in [0.3, 0.4) is 0 Å². The van der Waals surface area contributed by atoms with E-state index in [0.29, 0.717) is 12.0 Å². The number of aryl methyl sites for hydroxylation is 1. The Bertz CT molecular complexity index is 394. The third-order valence-electron chi connectivity index (χ3n) is 2.80. The summed E-state index contributed by atoms with van der Waals surface area (Å²) in [5, 5.41) is 9.92. The van der Waals surface area contributed by atoms with Crippen LogP contribution in [0.15, 0.2) is 12.1 Å². The van der Waals surface area contributed by atoms with E-state index in [1.54, 1.807) is 6.92 Å². The molecule has 1 nitrogen and oxygen atoms in total. The molecule has 1 aromatic rings. The van der Waals surface area contributed by atoms with Crippen molar-refractivity contribution in [3.63, 3.8) is 0 Å². The highest BCUT2D eigenvalue weighted by Gasteiger charge is 2.18. The Morgan fingerprint density at radius 2 is 1.76 bits per heavy atom. The van der Waals surface area contributed by atoms with Gasteiger partial charge in [-0.25, -0.2) is 8.78 Å². The van der Waals surface area contributed by atoms with Crippen molar-refractivity contribution in [2.75, 3.05) is 0 Å². The quantitative estimate of drug-likeness (QED) is 0.844. The Morgan fingerprint density at radius 3 is 2.29 bits per heavy atom. The third-order valence-corrected chi connectivity index (χ3v) is 2.80. The monoisotopic (exact) mass is 242 g/mol. The van der Waals surface area contributed by atoms with E-state index in [2.05, 4.69) is 20.8 Å². The fourth-order valence-corrected chi connectivity index (χ4v) is 1.66. The first-order valence-electron chi connectivity index (χ1n) is 5.84. The first-order chi connectivity index (χ1) is 7.70. The lowest BCUT2D eigenvalue weighted by Crippen LogP contribution is -2.09. The highest BCUT2D eigenvalue weighted by Crippen LogP contribution is 2.29. The van der Waals surface area contributed by atoms with Gasteiger partial charge in [-0.05, 0) is 36.8 Å². The number of aliphatic hydroxyl groups excluding tert-OH is 1. The van der Waals surface area contributed by atoms with Crippen molar-refractivity contribution < 1.29 is 13.9 Å². The van der Waals surface area contributed by atoms with E-state index >= 15 is 0 Å². The number of hydrogen-bond acceptors (Lipinski definition) is 1. The predicted molar refractivity (Wildman–Crippen MR) is 64.7 cm³/mol. The lowest BCUT2D eigenvalue weighted by atomic mass is 9.88. The van der Waals surface area contributed by atoms with Gasteiger partial charge in [0.1, 0.15) is 11.6 Å². The number of aliphatic hydroxyl groups is 1. The molecule has 96 valence electrons. The smallest absolute Gasteiger partial charge is 0.131 e. The molecule has 0 aliphatic heterocycles. The molecule has 0 amide bonds. The molecule has 0 aliphatic carbocycles. The molecule has 0 aliphatic rings. The lowest BCUT2D eigenvalue weighted by Gasteiger charge is -2.21. The average molecular weight is 242 g/mol. The van der Waals surface area contributed by atoms with Gasteiger partial charge in [0.05, 0.1) is 6.10 Å². The minimum absolute atomic E-state index is 0.0898. The highest BCUT2D eigenvalue weighted by atomic mass is 19.1. The van der Waals surface area contributed by atoms with Crippen LogP contribution in [-0.2, 0) is 0 Å². The molecule has 0 radical (unpaired) electrons. The van der Waals surface area contributed by atoms with Gasteiger partial charge >= 0.3 is 0 Å². The van der Waals surface area contributed by atoms with Crippen LogP contribution < -0.4 is 0 Å². The largest absolute Gasteiger partial charge is 0.388 e. The summed E-state index contributed by atoms with van der Waals surface area (Å²) >= 11 is 0. The van der Waals surface area contributed by atoms with E-state index in [-0.39, 0.29) is 11.0 Å². The van der Waals surface area contributed by atoms with Crippen LogP contribution in [0.25, 0.3) is 0 Å². The molecular weight excluding hydrogens is 222 g/mol. The van der Waals surface area contributed by atoms with E-state index in [0.717, 1.165) is 12.5 Å². The molecule has 3 heteroatoms. The number of rotatable bonds is 3. The molecule has 1 aromatic carbocycles. The summed E-state index contributed by atoms with van der Waals surface area (Å²) in [7, 11) is 0. The normalized spacial score (nSPS) is 13.8. The fraction of sp³-hybridized carbons (Fsp3) is 0.571. The van der Waals surface area contributed by atoms with Crippen LogP contribution in [0.5, 0.6) is 0 Å². The molecular formula is C14H20F2O. The predicted octanol–water partition coefficient (Wildman–Crippen LogP) is 4.13. The van der Waals surface area contributed by atoms with Gasteiger partial charge in [0, 0.05) is 11.6 Å². The van der Waals surface area contributed by atoms with Crippen molar-refractivity contribution in [2.45, 2.75) is 46.6 Å². The molecule has 0 heterocycles. The molecule has 0 bridgehead atoms. The first-order valence-corrected chi connectivity index (χ1v) is 5.84.